The number of rotatable bonds is 8. The molecule has 0 heterocycles. The zero-order chi connectivity index (χ0) is 15.9. The molecule has 2 atom stereocenters. The molecule has 21 heavy (non-hydrogen) atoms. The molecule has 0 spiro atoms. The molecule has 0 aliphatic rings. The van der Waals surface area contributed by atoms with E-state index in [0.717, 1.165) is 18.9 Å². The summed E-state index contributed by atoms with van der Waals surface area (Å²) in [6.45, 7) is 12.8. The Morgan fingerprint density at radius 2 is 1.95 bits per heavy atom. The van der Waals surface area contributed by atoms with E-state index < -0.39 is 0 Å². The van der Waals surface area contributed by atoms with Gasteiger partial charge in [0.2, 0.25) is 0 Å². The van der Waals surface area contributed by atoms with Crippen LogP contribution >= 0.6 is 15.9 Å². The molecule has 1 aromatic carbocycles. The normalized spacial score (nSPS) is 15.0. The third kappa shape index (κ3) is 8.63. The van der Waals surface area contributed by atoms with E-state index in [0.29, 0.717) is 11.5 Å². The fraction of sp³-hybridized carbons (Fsp3) is 0.684. The summed E-state index contributed by atoms with van der Waals surface area (Å²) >= 11 is 3.57. The Labute approximate surface area is 140 Å². The molecule has 0 amide bonds. The summed E-state index contributed by atoms with van der Waals surface area (Å²) in [4.78, 5) is 0. The van der Waals surface area contributed by atoms with E-state index in [-0.39, 0.29) is 0 Å². The van der Waals surface area contributed by atoms with Crippen LogP contribution in [0.4, 0.5) is 0 Å². The van der Waals surface area contributed by atoms with Gasteiger partial charge in [0.1, 0.15) is 0 Å². The average Bonchev–Trinajstić information content (AvgIpc) is 2.33. The summed E-state index contributed by atoms with van der Waals surface area (Å²) in [7, 11) is 0. The predicted molar refractivity (Wildman–Crippen MR) is 97.8 cm³/mol. The van der Waals surface area contributed by atoms with Crippen LogP contribution in [0.3, 0.4) is 0 Å². The summed E-state index contributed by atoms with van der Waals surface area (Å²) in [6.07, 6.45) is 4.86. The van der Waals surface area contributed by atoms with E-state index in [9.17, 15) is 0 Å². The molecule has 0 radical (unpaired) electrons. The van der Waals surface area contributed by atoms with Crippen LogP contribution in [0.5, 0.6) is 0 Å². The zero-order valence-corrected chi connectivity index (χ0v) is 16.0. The monoisotopic (exact) mass is 353 g/mol. The first kappa shape index (κ1) is 18.7. The molecule has 0 aliphatic carbocycles. The lowest BCUT2D eigenvalue weighted by Gasteiger charge is -2.27. The van der Waals surface area contributed by atoms with Crippen LogP contribution in [-0.2, 0) is 6.42 Å². The molecule has 0 aliphatic heterocycles. The Morgan fingerprint density at radius 3 is 2.52 bits per heavy atom. The molecule has 1 rings (SSSR count). The number of halogens is 1. The van der Waals surface area contributed by atoms with Crippen molar-refractivity contribution < 1.29 is 0 Å². The van der Waals surface area contributed by atoms with E-state index in [1.165, 1.54) is 29.3 Å². The van der Waals surface area contributed by atoms with Gasteiger partial charge in [-0.2, -0.15) is 0 Å². The molecule has 0 saturated carbocycles. The fourth-order valence-corrected chi connectivity index (χ4v) is 3.60. The predicted octanol–water partition coefficient (Wildman–Crippen LogP) is 5.82. The van der Waals surface area contributed by atoms with Gasteiger partial charge >= 0.3 is 0 Å². The molecule has 1 N–H and O–H groups in total. The lowest BCUT2D eigenvalue weighted by Crippen LogP contribution is -2.34. The highest BCUT2D eigenvalue weighted by Gasteiger charge is 2.19. The standard InChI is InChI=1S/C19H32BrN/c1-6-10-21-18(11-15(2)14-19(3,4)5)13-16-8-7-9-17(20)12-16/h7-9,12,15,18,21H,6,10-11,13-14H2,1-5H3. The Bertz CT molecular complexity index is 408. The lowest BCUT2D eigenvalue weighted by molar-refractivity contribution is 0.274. The molecule has 0 saturated heterocycles. The minimum Gasteiger partial charge on any atom is -0.314 e. The van der Waals surface area contributed by atoms with Gasteiger partial charge in [0.15, 0.2) is 0 Å². The molecule has 0 fully saturated rings. The van der Waals surface area contributed by atoms with E-state index in [1.54, 1.807) is 0 Å². The van der Waals surface area contributed by atoms with Crippen molar-refractivity contribution in [1.29, 1.82) is 0 Å². The van der Waals surface area contributed by atoms with Crippen LogP contribution in [0.15, 0.2) is 28.7 Å². The summed E-state index contributed by atoms with van der Waals surface area (Å²) in [6, 6.07) is 9.29. The van der Waals surface area contributed by atoms with E-state index in [1.807, 2.05) is 0 Å². The molecular formula is C19H32BrN. The van der Waals surface area contributed by atoms with Crippen molar-refractivity contribution in [3.63, 3.8) is 0 Å². The summed E-state index contributed by atoms with van der Waals surface area (Å²) in [5.74, 6) is 0.756. The first-order chi connectivity index (χ1) is 9.80. The minimum absolute atomic E-state index is 0.421. The Kier molecular flexibility index (Phi) is 7.97. The molecule has 2 heteroatoms. The highest BCUT2D eigenvalue weighted by molar-refractivity contribution is 9.10. The molecule has 0 bridgehead atoms. The second-order valence-electron chi connectivity index (χ2n) is 7.59. The maximum atomic E-state index is 3.74. The Morgan fingerprint density at radius 1 is 1.24 bits per heavy atom. The maximum absolute atomic E-state index is 3.74. The molecule has 2 unspecified atom stereocenters. The van der Waals surface area contributed by atoms with E-state index in [4.69, 9.17) is 0 Å². The van der Waals surface area contributed by atoms with Crippen molar-refractivity contribution in [2.75, 3.05) is 6.54 Å². The number of nitrogens with one attached hydrogen (secondary N) is 1. The van der Waals surface area contributed by atoms with Crippen molar-refractivity contribution in [3.8, 4) is 0 Å². The van der Waals surface area contributed by atoms with Gasteiger partial charge in [0.05, 0.1) is 0 Å². The summed E-state index contributed by atoms with van der Waals surface area (Å²) in [5, 5.41) is 3.74. The number of hydrogen-bond acceptors (Lipinski definition) is 1. The number of hydrogen-bond donors (Lipinski definition) is 1. The molecular weight excluding hydrogens is 322 g/mol. The van der Waals surface area contributed by atoms with E-state index in [2.05, 4.69) is 80.1 Å². The highest BCUT2D eigenvalue weighted by atomic mass is 79.9. The van der Waals surface area contributed by atoms with Gasteiger partial charge in [-0.05, 0) is 61.3 Å². The third-order valence-electron chi connectivity index (χ3n) is 3.70. The molecule has 120 valence electrons. The van der Waals surface area contributed by atoms with Crippen LogP contribution < -0.4 is 5.32 Å². The van der Waals surface area contributed by atoms with Gasteiger partial charge in [-0.1, -0.05) is 62.7 Å². The first-order valence-electron chi connectivity index (χ1n) is 8.28. The topological polar surface area (TPSA) is 12.0 Å². The highest BCUT2D eigenvalue weighted by Crippen LogP contribution is 2.27. The number of benzene rings is 1. The van der Waals surface area contributed by atoms with Gasteiger partial charge in [-0.15, -0.1) is 0 Å². The van der Waals surface area contributed by atoms with Gasteiger partial charge in [0.25, 0.3) is 0 Å². The SMILES string of the molecule is CCCNC(Cc1cccc(Br)c1)CC(C)CC(C)(C)C. The van der Waals surface area contributed by atoms with Crippen molar-refractivity contribution in [2.45, 2.75) is 66.3 Å². The quantitative estimate of drug-likeness (QED) is 0.620. The fourth-order valence-electron chi connectivity index (χ4n) is 3.15. The largest absolute Gasteiger partial charge is 0.314 e. The van der Waals surface area contributed by atoms with Crippen LogP contribution in [0.25, 0.3) is 0 Å². The van der Waals surface area contributed by atoms with Crippen molar-refractivity contribution in [1.82, 2.24) is 5.32 Å². The Balaban J connectivity index is 2.62. The van der Waals surface area contributed by atoms with Crippen LogP contribution in [0.2, 0.25) is 0 Å². The average molecular weight is 354 g/mol. The summed E-state index contributed by atoms with van der Waals surface area (Å²) < 4.78 is 1.18. The summed E-state index contributed by atoms with van der Waals surface area (Å²) in [5.41, 5.74) is 1.84. The van der Waals surface area contributed by atoms with Crippen molar-refractivity contribution in [2.24, 2.45) is 11.3 Å². The van der Waals surface area contributed by atoms with Gasteiger partial charge in [-0.3, -0.25) is 0 Å². The maximum Gasteiger partial charge on any atom is 0.0178 e. The van der Waals surface area contributed by atoms with Crippen molar-refractivity contribution in [3.05, 3.63) is 34.3 Å². The van der Waals surface area contributed by atoms with E-state index >= 15 is 0 Å². The zero-order valence-electron chi connectivity index (χ0n) is 14.4. The second-order valence-corrected chi connectivity index (χ2v) is 8.51. The molecule has 1 nitrogen and oxygen atoms in total. The third-order valence-corrected chi connectivity index (χ3v) is 4.20. The molecule has 0 aromatic heterocycles. The van der Waals surface area contributed by atoms with Gasteiger partial charge in [-0.25, -0.2) is 0 Å². The smallest absolute Gasteiger partial charge is 0.0178 e. The lowest BCUT2D eigenvalue weighted by atomic mass is 9.82. The Hall–Kier alpha value is -0.340. The minimum atomic E-state index is 0.421. The molecule has 1 aromatic rings. The van der Waals surface area contributed by atoms with Crippen LogP contribution in [0, 0.1) is 11.3 Å². The van der Waals surface area contributed by atoms with Crippen LogP contribution in [-0.4, -0.2) is 12.6 Å². The van der Waals surface area contributed by atoms with Crippen LogP contribution in [0.1, 0.15) is 59.4 Å². The van der Waals surface area contributed by atoms with Crippen molar-refractivity contribution >= 4 is 15.9 Å². The second kappa shape index (κ2) is 8.95. The van der Waals surface area contributed by atoms with Gasteiger partial charge in [0, 0.05) is 10.5 Å². The first-order valence-corrected chi connectivity index (χ1v) is 9.07. The van der Waals surface area contributed by atoms with Gasteiger partial charge < -0.3 is 5.32 Å².